The zero-order valence-electron chi connectivity index (χ0n) is 11.2. The van der Waals surface area contributed by atoms with E-state index in [1.165, 1.54) is 6.42 Å². The van der Waals surface area contributed by atoms with E-state index in [0.717, 1.165) is 31.2 Å². The molecule has 0 N–H and O–H groups in total. The summed E-state index contributed by atoms with van der Waals surface area (Å²) in [4.78, 5) is 26.8. The molecule has 1 aromatic heterocycles. The lowest BCUT2D eigenvalue weighted by Gasteiger charge is -2.40. The minimum atomic E-state index is -0.434. The summed E-state index contributed by atoms with van der Waals surface area (Å²) in [5.74, 6) is -0.0241. The molecule has 0 radical (unpaired) electrons. The molecule has 3 rings (SSSR count). The van der Waals surface area contributed by atoms with Crippen LogP contribution in [0.2, 0.25) is 0 Å². The Kier molecular flexibility index (Phi) is 2.85. The monoisotopic (exact) mass is 324 g/mol. The van der Waals surface area contributed by atoms with E-state index in [4.69, 9.17) is 0 Å². The Morgan fingerprint density at radius 1 is 1.21 bits per heavy atom. The van der Waals surface area contributed by atoms with E-state index in [9.17, 15) is 9.59 Å². The lowest BCUT2D eigenvalue weighted by atomic mass is 9.88. The molecule has 2 heterocycles. The van der Waals surface area contributed by atoms with E-state index in [2.05, 4.69) is 15.9 Å². The molecule has 1 aromatic rings. The first-order chi connectivity index (χ1) is 8.99. The van der Waals surface area contributed by atoms with Crippen LogP contribution >= 0.6 is 15.9 Å². The number of aromatic nitrogens is 1. The van der Waals surface area contributed by atoms with Gasteiger partial charge in [-0.05, 0) is 60.2 Å². The Hall–Kier alpha value is -1.10. The van der Waals surface area contributed by atoms with Crippen molar-refractivity contribution in [2.24, 2.45) is 0 Å². The zero-order chi connectivity index (χ0) is 13.8. The Balaban J connectivity index is 2.34. The number of hydrogen-bond donors (Lipinski definition) is 0. The van der Waals surface area contributed by atoms with E-state index in [1.807, 2.05) is 14.0 Å². The lowest BCUT2D eigenvalue weighted by Crippen LogP contribution is -2.49. The molecule has 0 bridgehead atoms. The number of aryl methyl sites for hydroxylation is 1. The van der Waals surface area contributed by atoms with Crippen LogP contribution in [0.5, 0.6) is 0 Å². The molecule has 0 aromatic carbocycles. The second-order valence-corrected chi connectivity index (χ2v) is 6.43. The van der Waals surface area contributed by atoms with Crippen LogP contribution in [0.25, 0.3) is 0 Å². The highest BCUT2D eigenvalue weighted by molar-refractivity contribution is 9.10. The summed E-state index contributed by atoms with van der Waals surface area (Å²) < 4.78 is 2.29. The molecule has 1 spiro atoms. The van der Waals surface area contributed by atoms with Gasteiger partial charge in [0.15, 0.2) is 0 Å². The molecule has 0 saturated heterocycles. The molecule has 19 heavy (non-hydrogen) atoms. The highest BCUT2D eigenvalue weighted by Crippen LogP contribution is 2.42. The van der Waals surface area contributed by atoms with Crippen LogP contribution in [-0.2, 0) is 5.66 Å². The first kappa shape index (κ1) is 12.9. The van der Waals surface area contributed by atoms with Crippen molar-refractivity contribution < 1.29 is 4.79 Å². The summed E-state index contributed by atoms with van der Waals surface area (Å²) in [6.45, 7) is 1.89. The molecular formula is C14H17BrN2O2. The predicted octanol–water partition coefficient (Wildman–Crippen LogP) is 2.62. The van der Waals surface area contributed by atoms with Crippen molar-refractivity contribution in [2.75, 3.05) is 7.05 Å². The normalized spacial score (nSPS) is 21.0. The van der Waals surface area contributed by atoms with Gasteiger partial charge in [0.2, 0.25) is 0 Å². The third-order valence-electron chi connectivity index (χ3n) is 4.55. The molecule has 102 valence electrons. The maximum atomic E-state index is 12.5. The number of carbonyl (C=O) groups is 1. The summed E-state index contributed by atoms with van der Waals surface area (Å²) in [6.07, 6.45) is 5.06. The smallest absolute Gasteiger partial charge is 0.272 e. The predicted molar refractivity (Wildman–Crippen MR) is 76.3 cm³/mol. The molecule has 1 aliphatic heterocycles. The third kappa shape index (κ3) is 1.57. The Morgan fingerprint density at radius 3 is 2.47 bits per heavy atom. The van der Waals surface area contributed by atoms with E-state index in [0.29, 0.717) is 10.2 Å². The maximum absolute atomic E-state index is 12.5. The van der Waals surface area contributed by atoms with Crippen molar-refractivity contribution in [3.05, 3.63) is 32.2 Å². The topological polar surface area (TPSA) is 42.3 Å². The molecule has 1 amide bonds. The minimum absolute atomic E-state index is 0.0241. The van der Waals surface area contributed by atoms with Crippen molar-refractivity contribution >= 4 is 21.8 Å². The third-order valence-corrected chi connectivity index (χ3v) is 5.12. The number of hydrogen-bond acceptors (Lipinski definition) is 2. The van der Waals surface area contributed by atoms with Crippen molar-refractivity contribution in [1.82, 2.24) is 9.47 Å². The van der Waals surface area contributed by atoms with Gasteiger partial charge in [-0.1, -0.05) is 6.42 Å². The van der Waals surface area contributed by atoms with E-state index < -0.39 is 5.66 Å². The maximum Gasteiger partial charge on any atom is 0.272 e. The highest BCUT2D eigenvalue weighted by Gasteiger charge is 2.49. The number of fused-ring (bicyclic) bond motifs is 2. The minimum Gasteiger partial charge on any atom is -0.317 e. The number of amides is 1. The summed E-state index contributed by atoms with van der Waals surface area (Å²) in [6, 6.07) is 1.75. The van der Waals surface area contributed by atoms with Crippen LogP contribution in [0, 0.1) is 6.92 Å². The lowest BCUT2D eigenvalue weighted by molar-refractivity contribution is 0.0271. The van der Waals surface area contributed by atoms with E-state index in [-0.39, 0.29) is 11.5 Å². The summed E-state index contributed by atoms with van der Waals surface area (Å²) >= 11 is 3.33. The van der Waals surface area contributed by atoms with Gasteiger partial charge in [0.05, 0.1) is 4.47 Å². The van der Waals surface area contributed by atoms with Gasteiger partial charge >= 0.3 is 0 Å². The second-order valence-electron chi connectivity index (χ2n) is 5.57. The van der Waals surface area contributed by atoms with Crippen molar-refractivity contribution in [1.29, 1.82) is 0 Å². The summed E-state index contributed by atoms with van der Waals surface area (Å²) in [7, 11) is 1.83. The van der Waals surface area contributed by atoms with Gasteiger partial charge in [-0.3, -0.25) is 14.2 Å². The van der Waals surface area contributed by atoms with E-state index >= 15 is 0 Å². The Labute approximate surface area is 120 Å². The molecule has 5 heteroatoms. The number of pyridine rings is 1. The fourth-order valence-corrected chi connectivity index (χ4v) is 4.06. The summed E-state index contributed by atoms with van der Waals surface area (Å²) in [5.41, 5.74) is 0.916. The van der Waals surface area contributed by atoms with Crippen molar-refractivity contribution in [3.63, 3.8) is 0 Å². The molecule has 4 nitrogen and oxygen atoms in total. The first-order valence-corrected chi connectivity index (χ1v) is 7.49. The molecular weight excluding hydrogens is 308 g/mol. The van der Waals surface area contributed by atoms with Gasteiger partial charge in [0.25, 0.3) is 11.5 Å². The van der Waals surface area contributed by atoms with Crippen molar-refractivity contribution in [2.45, 2.75) is 44.7 Å². The molecule has 1 saturated carbocycles. The standard InChI is InChI=1S/C14H17BrN2O2/c1-9-8-10(15)12(18)17-11(9)13(19)16(2)14(17)6-4-3-5-7-14/h8H,3-7H2,1-2H3. The number of carbonyl (C=O) groups excluding carboxylic acids is 1. The van der Waals surface area contributed by atoms with Gasteiger partial charge < -0.3 is 4.90 Å². The molecule has 1 fully saturated rings. The molecule has 1 aliphatic carbocycles. The molecule has 2 aliphatic rings. The average Bonchev–Trinajstić information content (AvgIpc) is 2.60. The van der Waals surface area contributed by atoms with Crippen LogP contribution < -0.4 is 5.56 Å². The number of halogens is 1. The highest BCUT2D eigenvalue weighted by atomic mass is 79.9. The number of rotatable bonds is 0. The average molecular weight is 325 g/mol. The second kappa shape index (κ2) is 4.20. The van der Waals surface area contributed by atoms with Crippen LogP contribution in [-0.4, -0.2) is 22.4 Å². The quantitative estimate of drug-likeness (QED) is 0.736. The molecule has 0 unspecified atom stereocenters. The van der Waals surface area contributed by atoms with Gasteiger partial charge in [0.1, 0.15) is 11.4 Å². The Bertz CT molecular complexity index is 615. The fourth-order valence-electron chi connectivity index (χ4n) is 3.54. The van der Waals surface area contributed by atoms with Gasteiger partial charge in [-0.25, -0.2) is 0 Å². The SMILES string of the molecule is Cc1cc(Br)c(=O)n2c1C(=O)N(C)C21CCCCC1. The van der Waals surface area contributed by atoms with Gasteiger partial charge in [-0.2, -0.15) is 0 Å². The Morgan fingerprint density at radius 2 is 1.84 bits per heavy atom. The summed E-state index contributed by atoms with van der Waals surface area (Å²) in [5, 5.41) is 0. The van der Waals surface area contributed by atoms with Gasteiger partial charge in [-0.15, -0.1) is 0 Å². The largest absolute Gasteiger partial charge is 0.317 e. The van der Waals surface area contributed by atoms with Crippen molar-refractivity contribution in [3.8, 4) is 0 Å². The van der Waals surface area contributed by atoms with Crippen LogP contribution in [0.15, 0.2) is 15.3 Å². The van der Waals surface area contributed by atoms with Crippen LogP contribution in [0.3, 0.4) is 0 Å². The number of nitrogens with zero attached hydrogens (tertiary/aromatic N) is 2. The van der Waals surface area contributed by atoms with E-state index in [1.54, 1.807) is 15.5 Å². The van der Waals surface area contributed by atoms with Gasteiger partial charge in [0, 0.05) is 7.05 Å². The fraction of sp³-hybridized carbons (Fsp3) is 0.571. The first-order valence-electron chi connectivity index (χ1n) is 6.70. The molecule has 0 atom stereocenters. The zero-order valence-corrected chi connectivity index (χ0v) is 12.8. The van der Waals surface area contributed by atoms with Crippen LogP contribution in [0.4, 0.5) is 0 Å². The van der Waals surface area contributed by atoms with Crippen LogP contribution in [0.1, 0.15) is 48.2 Å².